The Morgan fingerprint density at radius 3 is 2.67 bits per heavy atom. The molecule has 0 atom stereocenters. The lowest BCUT2D eigenvalue weighted by Gasteiger charge is -2.02. The number of carbonyl (C=O) groups excluding carboxylic acids is 1. The van der Waals surface area contributed by atoms with Gasteiger partial charge in [0.15, 0.2) is 6.29 Å². The van der Waals surface area contributed by atoms with Crippen LogP contribution in [0.4, 0.5) is 4.39 Å². The molecule has 1 aromatic rings. The molecule has 0 amide bonds. The maximum Gasteiger partial charge on any atom is 0.154 e. The maximum absolute atomic E-state index is 13.2. The van der Waals surface area contributed by atoms with Crippen molar-refractivity contribution < 1.29 is 9.18 Å². The number of rotatable bonds is 2. The first-order valence-corrected chi connectivity index (χ1v) is 5.10. The van der Waals surface area contributed by atoms with Gasteiger partial charge in [0.05, 0.1) is 5.56 Å². The van der Waals surface area contributed by atoms with Gasteiger partial charge in [0.1, 0.15) is 5.82 Å². The summed E-state index contributed by atoms with van der Waals surface area (Å²) in [6.45, 7) is 0. The predicted octanol–water partition coefficient (Wildman–Crippen LogP) is 3.30. The topological polar surface area (TPSA) is 17.1 Å². The van der Waals surface area contributed by atoms with Crippen LogP contribution in [0.2, 0.25) is 0 Å². The maximum atomic E-state index is 13.2. The Hall–Kier alpha value is -0.220. The number of hydrogen-bond donors (Lipinski definition) is 0. The van der Waals surface area contributed by atoms with Crippen LogP contribution in [0.1, 0.15) is 15.9 Å². The summed E-state index contributed by atoms with van der Waals surface area (Å²) in [7, 11) is 0. The van der Waals surface area contributed by atoms with Crippen molar-refractivity contribution in [2.75, 3.05) is 0 Å². The Labute approximate surface area is 86.2 Å². The van der Waals surface area contributed by atoms with Crippen LogP contribution in [0, 0.1) is 5.82 Å². The van der Waals surface area contributed by atoms with Gasteiger partial charge in [-0.3, -0.25) is 4.79 Å². The van der Waals surface area contributed by atoms with Crippen molar-refractivity contribution in [3.05, 3.63) is 33.5 Å². The van der Waals surface area contributed by atoms with Gasteiger partial charge in [0, 0.05) is 9.80 Å². The molecule has 1 rings (SSSR count). The Balaban J connectivity index is 3.33. The van der Waals surface area contributed by atoms with Crippen molar-refractivity contribution in [1.82, 2.24) is 0 Å². The van der Waals surface area contributed by atoms with E-state index in [-0.39, 0.29) is 5.56 Å². The summed E-state index contributed by atoms with van der Waals surface area (Å²) >= 11 is 6.21. The Bertz CT molecular complexity index is 312. The van der Waals surface area contributed by atoms with E-state index in [0.717, 1.165) is 0 Å². The van der Waals surface area contributed by atoms with E-state index in [4.69, 9.17) is 0 Å². The summed E-state index contributed by atoms with van der Waals surface area (Å²) in [5.41, 5.74) is 0.562. The molecule has 0 radical (unpaired) electrons. The monoisotopic (exact) mass is 294 g/mol. The third-order valence-electron chi connectivity index (χ3n) is 1.47. The fourth-order valence-electron chi connectivity index (χ4n) is 0.826. The molecule has 0 fully saturated rings. The lowest BCUT2D eigenvalue weighted by Crippen LogP contribution is -1.94. The second-order valence-corrected chi connectivity index (χ2v) is 3.60. The highest BCUT2D eigenvalue weighted by molar-refractivity contribution is 9.10. The molecule has 0 aliphatic carbocycles. The molecule has 0 saturated carbocycles. The summed E-state index contributed by atoms with van der Waals surface area (Å²) in [4.78, 5) is 10.4. The molecule has 0 aromatic heterocycles. The van der Waals surface area contributed by atoms with Gasteiger partial charge in [0.2, 0.25) is 0 Å². The van der Waals surface area contributed by atoms with Crippen molar-refractivity contribution in [2.45, 2.75) is 5.33 Å². The fraction of sp³-hybridized carbons (Fsp3) is 0.125. The Morgan fingerprint density at radius 1 is 1.50 bits per heavy atom. The summed E-state index contributed by atoms with van der Waals surface area (Å²) in [5, 5.41) is 0.410. The van der Waals surface area contributed by atoms with E-state index in [9.17, 15) is 9.18 Å². The van der Waals surface area contributed by atoms with E-state index in [0.29, 0.717) is 21.7 Å². The van der Waals surface area contributed by atoms with Gasteiger partial charge in [-0.15, -0.1) is 0 Å². The highest BCUT2D eigenvalue weighted by Gasteiger charge is 2.09. The summed E-state index contributed by atoms with van der Waals surface area (Å²) < 4.78 is 13.7. The molecule has 0 N–H and O–H groups in total. The lowest BCUT2D eigenvalue weighted by molar-refractivity contribution is 0.111. The summed E-state index contributed by atoms with van der Waals surface area (Å²) in [6, 6.07) is 3.28. The molecule has 1 nitrogen and oxygen atoms in total. The van der Waals surface area contributed by atoms with Crippen molar-refractivity contribution in [3.8, 4) is 0 Å². The molecule has 0 saturated heterocycles. The Kier molecular flexibility index (Phi) is 3.40. The number of benzene rings is 1. The van der Waals surface area contributed by atoms with Crippen molar-refractivity contribution in [2.24, 2.45) is 0 Å². The van der Waals surface area contributed by atoms with Gasteiger partial charge in [-0.25, -0.2) is 4.39 Å². The van der Waals surface area contributed by atoms with Gasteiger partial charge < -0.3 is 0 Å². The van der Waals surface area contributed by atoms with Gasteiger partial charge in [0.25, 0.3) is 0 Å². The number of hydrogen-bond acceptors (Lipinski definition) is 1. The van der Waals surface area contributed by atoms with Gasteiger partial charge in [-0.2, -0.15) is 0 Å². The van der Waals surface area contributed by atoms with Crippen molar-refractivity contribution >= 4 is 38.1 Å². The van der Waals surface area contributed by atoms with Crippen LogP contribution in [0.15, 0.2) is 16.6 Å². The molecule has 64 valence electrons. The minimum atomic E-state index is -0.462. The Morgan fingerprint density at radius 2 is 2.17 bits per heavy atom. The highest BCUT2D eigenvalue weighted by atomic mass is 79.9. The number of aldehydes is 1. The van der Waals surface area contributed by atoms with Crippen molar-refractivity contribution in [1.29, 1.82) is 0 Å². The molecule has 0 aliphatic heterocycles. The van der Waals surface area contributed by atoms with Crippen LogP contribution in [-0.2, 0) is 5.33 Å². The molecule has 0 spiro atoms. The second-order valence-electron chi connectivity index (χ2n) is 2.19. The van der Waals surface area contributed by atoms with E-state index in [1.54, 1.807) is 12.1 Å². The lowest BCUT2D eigenvalue weighted by atomic mass is 10.1. The first kappa shape index (κ1) is 9.86. The average molecular weight is 296 g/mol. The minimum Gasteiger partial charge on any atom is -0.298 e. The van der Waals surface area contributed by atoms with E-state index >= 15 is 0 Å². The van der Waals surface area contributed by atoms with E-state index in [1.165, 1.54) is 0 Å². The molecule has 1 aromatic carbocycles. The van der Waals surface area contributed by atoms with E-state index in [2.05, 4.69) is 31.9 Å². The third-order valence-corrected chi connectivity index (χ3v) is 2.76. The van der Waals surface area contributed by atoms with E-state index < -0.39 is 5.82 Å². The van der Waals surface area contributed by atoms with Crippen molar-refractivity contribution in [3.63, 3.8) is 0 Å². The normalized spacial score (nSPS) is 9.92. The smallest absolute Gasteiger partial charge is 0.154 e. The van der Waals surface area contributed by atoms with Crippen LogP contribution < -0.4 is 0 Å². The first-order valence-electron chi connectivity index (χ1n) is 3.18. The zero-order valence-corrected chi connectivity index (χ0v) is 9.15. The molecule has 0 aliphatic rings. The summed E-state index contributed by atoms with van der Waals surface area (Å²) in [6.07, 6.45) is 0.506. The fourth-order valence-corrected chi connectivity index (χ4v) is 1.66. The molecular weight excluding hydrogens is 291 g/mol. The molecule has 4 heteroatoms. The molecule has 0 heterocycles. The van der Waals surface area contributed by atoms with E-state index in [1.807, 2.05) is 0 Å². The minimum absolute atomic E-state index is 0.0759. The van der Waals surface area contributed by atoms with Gasteiger partial charge >= 0.3 is 0 Å². The quantitative estimate of drug-likeness (QED) is 0.604. The number of carbonyl (C=O) groups is 1. The zero-order chi connectivity index (χ0) is 9.14. The first-order chi connectivity index (χ1) is 5.70. The van der Waals surface area contributed by atoms with Crippen LogP contribution in [0.25, 0.3) is 0 Å². The molecular formula is C8H5Br2FO. The van der Waals surface area contributed by atoms with Crippen LogP contribution >= 0.6 is 31.9 Å². The molecule has 0 unspecified atom stereocenters. The number of halogens is 3. The highest BCUT2D eigenvalue weighted by Crippen LogP contribution is 2.22. The molecule has 0 bridgehead atoms. The van der Waals surface area contributed by atoms with Gasteiger partial charge in [-0.05, 0) is 27.6 Å². The molecule has 12 heavy (non-hydrogen) atoms. The van der Waals surface area contributed by atoms with Gasteiger partial charge in [-0.1, -0.05) is 22.0 Å². The predicted molar refractivity (Wildman–Crippen MR) is 52.1 cm³/mol. The average Bonchev–Trinajstić information content (AvgIpc) is 2.06. The second kappa shape index (κ2) is 4.14. The largest absolute Gasteiger partial charge is 0.298 e. The van der Waals surface area contributed by atoms with Crippen LogP contribution in [-0.4, -0.2) is 6.29 Å². The third kappa shape index (κ3) is 1.75. The number of alkyl halides is 1. The van der Waals surface area contributed by atoms with Crippen LogP contribution in [0.5, 0.6) is 0 Å². The SMILES string of the molecule is O=Cc1c(Br)ccc(CBr)c1F. The zero-order valence-electron chi connectivity index (χ0n) is 5.98. The summed E-state index contributed by atoms with van der Waals surface area (Å²) in [5.74, 6) is -0.462. The van der Waals surface area contributed by atoms with Crippen LogP contribution in [0.3, 0.4) is 0 Å². The standard InChI is InChI=1S/C8H5Br2FO/c9-3-5-1-2-7(10)6(4-12)8(5)11/h1-2,4H,3H2.